The van der Waals surface area contributed by atoms with Gasteiger partial charge < -0.3 is 0 Å². The lowest BCUT2D eigenvalue weighted by molar-refractivity contribution is 0.252. The van der Waals surface area contributed by atoms with Crippen LogP contribution in [0.3, 0.4) is 0 Å². The normalized spacial score (nSPS) is 12.8. The van der Waals surface area contributed by atoms with Gasteiger partial charge in [-0.15, -0.1) is 11.3 Å². The van der Waals surface area contributed by atoms with Gasteiger partial charge in [0.25, 0.3) is 0 Å². The molecule has 1 unspecified atom stereocenters. The minimum absolute atomic E-state index is 0.271. The average molecular weight is 349 g/mol. The number of benzene rings is 1. The third-order valence-corrected chi connectivity index (χ3v) is 5.34. The van der Waals surface area contributed by atoms with Crippen LogP contribution in [-0.2, 0) is 6.54 Å². The third-order valence-electron chi connectivity index (χ3n) is 4.40. The zero-order chi connectivity index (χ0) is 17.2. The van der Waals surface area contributed by atoms with Crippen LogP contribution in [0.1, 0.15) is 23.5 Å². The summed E-state index contributed by atoms with van der Waals surface area (Å²) in [7, 11) is 2.11. The number of thiazole rings is 1. The Morgan fingerprint density at radius 3 is 2.76 bits per heavy atom. The molecule has 1 atom stereocenters. The van der Waals surface area contributed by atoms with Gasteiger partial charge in [-0.3, -0.25) is 4.90 Å². The predicted octanol–water partition coefficient (Wildman–Crippen LogP) is 4.05. The molecule has 4 aromatic rings. The van der Waals surface area contributed by atoms with Gasteiger partial charge in [0.2, 0.25) is 0 Å². The fourth-order valence-corrected chi connectivity index (χ4v) is 3.63. The quantitative estimate of drug-likeness (QED) is 0.545. The van der Waals surface area contributed by atoms with E-state index in [0.29, 0.717) is 0 Å². The molecule has 0 aliphatic rings. The molecule has 3 aromatic heterocycles. The Morgan fingerprint density at radius 1 is 1.16 bits per heavy atom. The molecule has 0 bridgehead atoms. The number of fused-ring (bicyclic) bond motifs is 1. The van der Waals surface area contributed by atoms with Crippen molar-refractivity contribution in [3.05, 3.63) is 71.1 Å². The summed E-state index contributed by atoms with van der Waals surface area (Å²) in [6.07, 6.45) is 7.73. The topological polar surface area (TPSA) is 46.3 Å². The molecule has 25 heavy (non-hydrogen) atoms. The van der Waals surface area contributed by atoms with E-state index in [1.165, 1.54) is 0 Å². The lowest BCUT2D eigenvalue weighted by Gasteiger charge is -2.22. The summed E-state index contributed by atoms with van der Waals surface area (Å²) in [5.74, 6) is 0. The monoisotopic (exact) mass is 349 g/mol. The second-order valence-electron chi connectivity index (χ2n) is 6.12. The van der Waals surface area contributed by atoms with Gasteiger partial charge >= 0.3 is 0 Å². The van der Waals surface area contributed by atoms with Crippen LogP contribution in [0.4, 0.5) is 0 Å². The maximum Gasteiger partial charge on any atom is 0.162 e. The van der Waals surface area contributed by atoms with Gasteiger partial charge in [-0.05, 0) is 19.5 Å². The molecule has 126 valence electrons. The molecular weight excluding hydrogens is 330 g/mol. The fraction of sp³-hybridized carbons (Fsp3) is 0.211. The molecule has 0 saturated carbocycles. The summed E-state index contributed by atoms with van der Waals surface area (Å²) in [6.45, 7) is 2.97. The Morgan fingerprint density at radius 2 is 2.00 bits per heavy atom. The van der Waals surface area contributed by atoms with Crippen LogP contribution in [0.25, 0.3) is 16.8 Å². The number of hydrogen-bond acceptors (Lipinski definition) is 5. The van der Waals surface area contributed by atoms with E-state index >= 15 is 0 Å². The third kappa shape index (κ3) is 3.18. The van der Waals surface area contributed by atoms with Crippen molar-refractivity contribution in [3.8, 4) is 11.1 Å². The first-order chi connectivity index (χ1) is 12.2. The highest BCUT2D eigenvalue weighted by atomic mass is 32.1. The van der Waals surface area contributed by atoms with Crippen molar-refractivity contribution < 1.29 is 0 Å². The highest BCUT2D eigenvalue weighted by Crippen LogP contribution is 2.24. The molecule has 0 amide bonds. The largest absolute Gasteiger partial charge is 0.293 e. The zero-order valence-electron chi connectivity index (χ0n) is 14.2. The highest BCUT2D eigenvalue weighted by Gasteiger charge is 2.15. The molecule has 1 aromatic carbocycles. The molecule has 0 N–H and O–H groups in total. The Bertz CT molecular complexity index is 962. The predicted molar refractivity (Wildman–Crippen MR) is 100 cm³/mol. The molecule has 0 saturated heterocycles. The average Bonchev–Trinajstić information content (AvgIpc) is 3.31. The van der Waals surface area contributed by atoms with E-state index < -0.39 is 0 Å². The van der Waals surface area contributed by atoms with E-state index in [0.717, 1.165) is 33.9 Å². The highest BCUT2D eigenvalue weighted by molar-refractivity contribution is 7.09. The van der Waals surface area contributed by atoms with E-state index in [2.05, 4.69) is 52.3 Å². The van der Waals surface area contributed by atoms with Crippen LogP contribution in [0.15, 0.2) is 60.5 Å². The van der Waals surface area contributed by atoms with Crippen LogP contribution in [0.2, 0.25) is 0 Å². The maximum absolute atomic E-state index is 4.65. The van der Waals surface area contributed by atoms with Gasteiger partial charge in [-0.25, -0.2) is 14.5 Å². The number of hydrogen-bond donors (Lipinski definition) is 0. The second-order valence-corrected chi connectivity index (χ2v) is 7.04. The van der Waals surface area contributed by atoms with Crippen LogP contribution in [-0.4, -0.2) is 31.5 Å². The number of rotatable bonds is 5. The van der Waals surface area contributed by atoms with Crippen molar-refractivity contribution in [1.82, 2.24) is 24.5 Å². The molecule has 0 fully saturated rings. The first kappa shape index (κ1) is 15.9. The molecule has 3 heterocycles. The van der Waals surface area contributed by atoms with Crippen molar-refractivity contribution in [2.75, 3.05) is 7.05 Å². The minimum atomic E-state index is 0.271. The van der Waals surface area contributed by atoms with Crippen LogP contribution >= 0.6 is 11.3 Å². The Balaban J connectivity index is 1.58. The zero-order valence-corrected chi connectivity index (χ0v) is 15.0. The van der Waals surface area contributed by atoms with Gasteiger partial charge in [-0.2, -0.15) is 5.10 Å². The van der Waals surface area contributed by atoms with Gasteiger partial charge in [0, 0.05) is 41.6 Å². The minimum Gasteiger partial charge on any atom is -0.293 e. The summed E-state index contributed by atoms with van der Waals surface area (Å²) in [5, 5.41) is 7.63. The summed E-state index contributed by atoms with van der Waals surface area (Å²) in [6, 6.07) is 10.5. The fourth-order valence-electron chi connectivity index (χ4n) is 2.87. The standard InChI is InChI=1S/C19H19N5S/c1-14(19-20-8-9-25-19)23(2)12-15-10-21-18-17(11-22-24(18)13-15)16-6-4-3-5-7-16/h3-11,13-14H,12H2,1-2H3. The van der Waals surface area contributed by atoms with Crippen LogP contribution < -0.4 is 0 Å². The van der Waals surface area contributed by atoms with Gasteiger partial charge in [0.1, 0.15) is 5.01 Å². The lowest BCUT2D eigenvalue weighted by atomic mass is 10.1. The summed E-state index contributed by atoms with van der Waals surface area (Å²) in [5.41, 5.74) is 4.19. The Kier molecular flexibility index (Phi) is 4.29. The maximum atomic E-state index is 4.65. The van der Waals surface area contributed by atoms with Crippen LogP contribution in [0, 0.1) is 0 Å². The SMILES string of the molecule is CC(c1nccs1)N(C)Cc1cnc2c(-c3ccccc3)cnn2c1. The molecule has 5 nitrogen and oxygen atoms in total. The van der Waals surface area contributed by atoms with Crippen molar-refractivity contribution >= 4 is 17.0 Å². The second kappa shape index (κ2) is 6.74. The summed E-state index contributed by atoms with van der Waals surface area (Å²) < 4.78 is 1.86. The van der Waals surface area contributed by atoms with Gasteiger partial charge in [-0.1, -0.05) is 30.3 Å². The summed E-state index contributed by atoms with van der Waals surface area (Å²) in [4.78, 5) is 11.3. The van der Waals surface area contributed by atoms with E-state index in [-0.39, 0.29) is 6.04 Å². The molecule has 0 aliphatic heterocycles. The van der Waals surface area contributed by atoms with Gasteiger partial charge in [0.05, 0.1) is 12.2 Å². The van der Waals surface area contributed by atoms with Gasteiger partial charge in [0.15, 0.2) is 5.65 Å². The van der Waals surface area contributed by atoms with E-state index in [4.69, 9.17) is 0 Å². The van der Waals surface area contributed by atoms with Crippen molar-refractivity contribution in [2.45, 2.75) is 19.5 Å². The molecule has 6 heteroatoms. The molecular formula is C19H19N5S. The Labute approximate surface area is 150 Å². The van der Waals surface area contributed by atoms with E-state index in [1.807, 2.05) is 46.7 Å². The lowest BCUT2D eigenvalue weighted by Crippen LogP contribution is -2.22. The Hall–Kier alpha value is -2.57. The van der Waals surface area contributed by atoms with Crippen molar-refractivity contribution in [1.29, 1.82) is 0 Å². The van der Waals surface area contributed by atoms with Crippen molar-refractivity contribution in [3.63, 3.8) is 0 Å². The first-order valence-corrected chi connectivity index (χ1v) is 9.07. The number of nitrogens with zero attached hydrogens (tertiary/aromatic N) is 5. The van der Waals surface area contributed by atoms with Crippen LogP contribution in [0.5, 0.6) is 0 Å². The summed E-state index contributed by atoms with van der Waals surface area (Å²) >= 11 is 1.69. The molecule has 0 radical (unpaired) electrons. The molecule has 4 rings (SSSR count). The first-order valence-electron chi connectivity index (χ1n) is 8.19. The molecule has 0 aliphatic carbocycles. The smallest absolute Gasteiger partial charge is 0.162 e. The van der Waals surface area contributed by atoms with E-state index in [9.17, 15) is 0 Å². The number of aromatic nitrogens is 4. The van der Waals surface area contributed by atoms with Crippen molar-refractivity contribution in [2.24, 2.45) is 0 Å². The molecule has 0 spiro atoms. The van der Waals surface area contributed by atoms with E-state index in [1.54, 1.807) is 11.3 Å².